The number of sulfone groups is 1. The van der Waals surface area contributed by atoms with E-state index in [1.807, 2.05) is 13.8 Å². The largest absolute Gasteiger partial charge is 0.391 e. The first-order chi connectivity index (χ1) is 11.5. The number of aliphatic hydroxyl groups excluding tert-OH is 2. The van der Waals surface area contributed by atoms with Crippen LogP contribution in [-0.2, 0) is 9.84 Å². The zero-order valence-electron chi connectivity index (χ0n) is 15.6. The van der Waals surface area contributed by atoms with Crippen molar-refractivity contribution in [3.8, 4) is 0 Å². The molecule has 0 aliphatic carbocycles. The highest BCUT2D eigenvalue weighted by atomic mass is 32.2. The first kappa shape index (κ1) is 21.6. The van der Waals surface area contributed by atoms with Crippen LogP contribution < -0.4 is 0 Å². The Morgan fingerprint density at radius 3 is 1.96 bits per heavy atom. The van der Waals surface area contributed by atoms with E-state index < -0.39 is 32.7 Å². The number of benzene rings is 1. The minimum atomic E-state index is -3.73. The van der Waals surface area contributed by atoms with Crippen LogP contribution in [0.2, 0.25) is 0 Å². The van der Waals surface area contributed by atoms with Crippen LogP contribution in [0.15, 0.2) is 59.5 Å². The second-order valence-electron chi connectivity index (χ2n) is 7.64. The van der Waals surface area contributed by atoms with Crippen molar-refractivity contribution in [2.75, 3.05) is 0 Å². The predicted octanol–water partition coefficient (Wildman–Crippen LogP) is 3.37. The smallest absolute Gasteiger partial charge is 0.187 e. The van der Waals surface area contributed by atoms with Gasteiger partial charge in [-0.2, -0.15) is 0 Å². The normalized spacial score (nSPS) is 17.3. The molecule has 2 N–H and O–H groups in total. The molecule has 1 aromatic rings. The average Bonchev–Trinajstić information content (AvgIpc) is 2.53. The first-order valence-electron chi connectivity index (χ1n) is 8.48. The van der Waals surface area contributed by atoms with Crippen molar-refractivity contribution >= 4 is 9.84 Å². The molecule has 140 valence electrons. The molecule has 3 atom stereocenters. The van der Waals surface area contributed by atoms with Gasteiger partial charge in [-0.1, -0.05) is 77.1 Å². The second kappa shape index (κ2) is 8.79. The van der Waals surface area contributed by atoms with E-state index in [2.05, 4.69) is 0 Å². The van der Waals surface area contributed by atoms with Crippen molar-refractivity contribution in [1.29, 1.82) is 0 Å². The summed E-state index contributed by atoms with van der Waals surface area (Å²) in [6.45, 7) is 9.20. The Morgan fingerprint density at radius 1 is 0.960 bits per heavy atom. The van der Waals surface area contributed by atoms with Gasteiger partial charge in [-0.05, 0) is 23.5 Å². The van der Waals surface area contributed by atoms with Crippen molar-refractivity contribution in [1.82, 2.24) is 0 Å². The van der Waals surface area contributed by atoms with E-state index in [-0.39, 0.29) is 10.8 Å². The molecule has 0 aliphatic heterocycles. The summed E-state index contributed by atoms with van der Waals surface area (Å²) < 4.78 is 25.9. The third-order valence-corrected chi connectivity index (χ3v) is 6.09. The summed E-state index contributed by atoms with van der Waals surface area (Å²) in [6.07, 6.45) is 4.62. The Morgan fingerprint density at radius 2 is 1.48 bits per heavy atom. The van der Waals surface area contributed by atoms with Crippen molar-refractivity contribution in [3.05, 3.63) is 54.6 Å². The van der Waals surface area contributed by atoms with Crippen LogP contribution in [-0.4, -0.2) is 36.1 Å². The summed E-state index contributed by atoms with van der Waals surface area (Å²) in [4.78, 5) is 0.180. The van der Waals surface area contributed by atoms with Gasteiger partial charge < -0.3 is 10.2 Å². The van der Waals surface area contributed by atoms with Gasteiger partial charge >= 0.3 is 0 Å². The van der Waals surface area contributed by atoms with Gasteiger partial charge in [0, 0.05) is 0 Å². The van der Waals surface area contributed by atoms with E-state index >= 15 is 0 Å². The highest BCUT2D eigenvalue weighted by Crippen LogP contribution is 2.29. The highest BCUT2D eigenvalue weighted by molar-refractivity contribution is 7.92. The lowest BCUT2D eigenvalue weighted by Crippen LogP contribution is -2.41. The minimum Gasteiger partial charge on any atom is -0.391 e. The van der Waals surface area contributed by atoms with Gasteiger partial charge in [-0.15, -0.1) is 0 Å². The molecule has 0 saturated carbocycles. The number of hydrogen-bond donors (Lipinski definition) is 2. The Bertz CT molecular complexity index is 682. The van der Waals surface area contributed by atoms with Crippen molar-refractivity contribution in [2.24, 2.45) is 11.3 Å². The molecular formula is C20H30O4S. The molecule has 1 aromatic carbocycles. The van der Waals surface area contributed by atoms with Gasteiger partial charge in [0.25, 0.3) is 0 Å². The zero-order valence-corrected chi connectivity index (χ0v) is 16.4. The SMILES string of the molecule is CC(C)C(O)/C=C/C=C/C(C(O)C(C)(C)C)S(=O)(=O)c1ccccc1. The Balaban J connectivity index is 3.19. The quantitative estimate of drug-likeness (QED) is 0.726. The Hall–Kier alpha value is -1.43. The number of hydrogen-bond acceptors (Lipinski definition) is 4. The second-order valence-corrected chi connectivity index (χ2v) is 9.74. The predicted molar refractivity (Wildman–Crippen MR) is 102 cm³/mol. The van der Waals surface area contributed by atoms with Gasteiger partial charge in [-0.25, -0.2) is 8.42 Å². The zero-order chi connectivity index (χ0) is 19.3. The fourth-order valence-corrected chi connectivity index (χ4v) is 4.11. The summed E-state index contributed by atoms with van der Waals surface area (Å²) in [5, 5.41) is 19.3. The van der Waals surface area contributed by atoms with Crippen LogP contribution in [0.4, 0.5) is 0 Å². The maximum Gasteiger partial charge on any atom is 0.187 e. The van der Waals surface area contributed by atoms with Crippen LogP contribution in [0.5, 0.6) is 0 Å². The van der Waals surface area contributed by atoms with Crippen molar-refractivity contribution in [2.45, 2.75) is 57.0 Å². The maximum atomic E-state index is 13.0. The third-order valence-electron chi connectivity index (χ3n) is 4.03. The summed E-state index contributed by atoms with van der Waals surface area (Å²) in [5.41, 5.74) is -0.599. The first-order valence-corrected chi connectivity index (χ1v) is 10.0. The van der Waals surface area contributed by atoms with Crippen LogP contribution in [0.3, 0.4) is 0 Å². The molecule has 0 radical (unpaired) electrons. The lowest BCUT2D eigenvalue weighted by Gasteiger charge is -2.31. The van der Waals surface area contributed by atoms with E-state index in [4.69, 9.17) is 0 Å². The fourth-order valence-electron chi connectivity index (χ4n) is 2.21. The summed E-state index contributed by atoms with van der Waals surface area (Å²) in [5.74, 6) is 0.0775. The molecule has 0 aromatic heterocycles. The molecule has 3 unspecified atom stereocenters. The Kier molecular flexibility index (Phi) is 7.60. The van der Waals surface area contributed by atoms with Gasteiger partial charge in [0.2, 0.25) is 0 Å². The molecular weight excluding hydrogens is 336 g/mol. The highest BCUT2D eigenvalue weighted by Gasteiger charge is 2.38. The van der Waals surface area contributed by atoms with E-state index in [1.54, 1.807) is 57.2 Å². The van der Waals surface area contributed by atoms with Gasteiger partial charge in [0.05, 0.1) is 17.1 Å². The van der Waals surface area contributed by atoms with Crippen LogP contribution in [0.25, 0.3) is 0 Å². The summed E-state index contributed by atoms with van der Waals surface area (Å²) in [6, 6.07) is 8.14. The molecule has 0 bridgehead atoms. The average molecular weight is 367 g/mol. The molecule has 5 heteroatoms. The molecule has 4 nitrogen and oxygen atoms in total. The molecule has 0 fully saturated rings. The minimum absolute atomic E-state index is 0.0775. The standard InChI is InChI=1S/C20H30O4S/c1-15(2)17(21)13-9-10-14-18(19(22)20(3,4)5)25(23,24)16-11-7-6-8-12-16/h6-15,17-19,21-22H,1-5H3/b13-9+,14-10+. The monoisotopic (exact) mass is 366 g/mol. The van der Waals surface area contributed by atoms with E-state index in [9.17, 15) is 18.6 Å². The van der Waals surface area contributed by atoms with Gasteiger partial charge in [-0.3, -0.25) is 0 Å². The number of rotatable bonds is 7. The lowest BCUT2D eigenvalue weighted by molar-refractivity contribution is 0.0682. The fraction of sp³-hybridized carbons (Fsp3) is 0.500. The summed E-state index contributed by atoms with van der Waals surface area (Å²) in [7, 11) is -3.73. The lowest BCUT2D eigenvalue weighted by atomic mass is 9.87. The maximum absolute atomic E-state index is 13.0. The van der Waals surface area contributed by atoms with Crippen LogP contribution in [0, 0.1) is 11.3 Å². The Labute approximate surface area is 151 Å². The molecule has 0 heterocycles. The third kappa shape index (κ3) is 6.10. The van der Waals surface area contributed by atoms with E-state index in [1.165, 1.54) is 18.2 Å². The molecule has 0 saturated heterocycles. The molecule has 0 spiro atoms. The van der Waals surface area contributed by atoms with Crippen LogP contribution >= 0.6 is 0 Å². The van der Waals surface area contributed by atoms with E-state index in [0.29, 0.717) is 0 Å². The molecule has 1 rings (SSSR count). The van der Waals surface area contributed by atoms with Gasteiger partial charge in [0.1, 0.15) is 5.25 Å². The molecule has 0 aliphatic rings. The topological polar surface area (TPSA) is 74.6 Å². The van der Waals surface area contributed by atoms with Crippen molar-refractivity contribution in [3.63, 3.8) is 0 Å². The van der Waals surface area contributed by atoms with Gasteiger partial charge in [0.15, 0.2) is 9.84 Å². The van der Waals surface area contributed by atoms with Crippen molar-refractivity contribution < 1.29 is 18.6 Å². The van der Waals surface area contributed by atoms with Crippen LogP contribution in [0.1, 0.15) is 34.6 Å². The van der Waals surface area contributed by atoms with E-state index in [0.717, 1.165) is 0 Å². The molecule has 25 heavy (non-hydrogen) atoms. The number of allylic oxidation sites excluding steroid dienone is 2. The molecule has 0 amide bonds. The summed E-state index contributed by atoms with van der Waals surface area (Å²) >= 11 is 0. The number of aliphatic hydroxyl groups is 2.